The molecule has 0 fully saturated rings. The third-order valence-corrected chi connectivity index (χ3v) is 6.09. The Bertz CT molecular complexity index is 804. The summed E-state index contributed by atoms with van der Waals surface area (Å²) in [6, 6.07) is 15.9. The lowest BCUT2D eigenvalue weighted by Gasteiger charge is -2.21. The molecular formula is C27H34. The van der Waals surface area contributed by atoms with Crippen LogP contribution in [0.15, 0.2) is 55.1 Å². The Labute approximate surface area is 166 Å². The van der Waals surface area contributed by atoms with Crippen LogP contribution in [0.5, 0.6) is 0 Å². The average Bonchev–Trinajstić information content (AvgIpc) is 2.69. The SMILES string of the molecule is C=C1C(c2ccc(CCC(CC)CCCC)cc2)=CCc2cc(C)ccc21. The molecule has 142 valence electrons. The van der Waals surface area contributed by atoms with Crippen LogP contribution in [0.3, 0.4) is 0 Å². The zero-order valence-corrected chi connectivity index (χ0v) is 17.4. The first-order valence-corrected chi connectivity index (χ1v) is 10.7. The highest BCUT2D eigenvalue weighted by Gasteiger charge is 2.16. The molecule has 0 heteroatoms. The Balaban J connectivity index is 1.66. The van der Waals surface area contributed by atoms with Gasteiger partial charge in [-0.1, -0.05) is 100 Å². The summed E-state index contributed by atoms with van der Waals surface area (Å²) >= 11 is 0. The number of benzene rings is 2. The van der Waals surface area contributed by atoms with Crippen LogP contribution in [0.25, 0.3) is 11.1 Å². The summed E-state index contributed by atoms with van der Waals surface area (Å²) in [4.78, 5) is 0. The lowest BCUT2D eigenvalue weighted by atomic mass is 9.83. The van der Waals surface area contributed by atoms with Crippen molar-refractivity contribution in [3.05, 3.63) is 82.9 Å². The molecule has 27 heavy (non-hydrogen) atoms. The predicted octanol–water partition coefficient (Wildman–Crippen LogP) is 7.80. The Morgan fingerprint density at radius 3 is 2.48 bits per heavy atom. The molecule has 0 N–H and O–H groups in total. The summed E-state index contributed by atoms with van der Waals surface area (Å²) < 4.78 is 0. The van der Waals surface area contributed by atoms with E-state index in [1.165, 1.54) is 71.9 Å². The molecule has 0 saturated carbocycles. The first-order valence-electron chi connectivity index (χ1n) is 10.7. The van der Waals surface area contributed by atoms with Crippen molar-refractivity contribution < 1.29 is 0 Å². The largest absolute Gasteiger partial charge is 0.0905 e. The molecule has 0 radical (unpaired) electrons. The molecule has 0 heterocycles. The molecular weight excluding hydrogens is 324 g/mol. The van der Waals surface area contributed by atoms with E-state index < -0.39 is 0 Å². The summed E-state index contributed by atoms with van der Waals surface area (Å²) in [5.41, 5.74) is 9.26. The Morgan fingerprint density at radius 1 is 1.00 bits per heavy atom. The number of unbranched alkanes of at least 4 members (excludes halogenated alkanes) is 1. The van der Waals surface area contributed by atoms with E-state index >= 15 is 0 Å². The van der Waals surface area contributed by atoms with Crippen molar-refractivity contribution in [3.8, 4) is 0 Å². The van der Waals surface area contributed by atoms with Gasteiger partial charge >= 0.3 is 0 Å². The van der Waals surface area contributed by atoms with Crippen molar-refractivity contribution in [2.45, 2.75) is 65.7 Å². The van der Waals surface area contributed by atoms with Gasteiger partial charge in [0.25, 0.3) is 0 Å². The summed E-state index contributed by atoms with van der Waals surface area (Å²) in [6.45, 7) is 11.2. The van der Waals surface area contributed by atoms with Crippen LogP contribution in [0, 0.1) is 12.8 Å². The standard InChI is InChI=1S/C27H34/c1-5-7-8-22(6-2)10-11-23-12-14-24(15-13-23)26-18-16-25-19-20(3)9-17-27(25)21(26)4/h9,12-15,17-19,22H,4-8,10-11,16H2,1-3H3. The Morgan fingerprint density at radius 2 is 1.78 bits per heavy atom. The fourth-order valence-electron chi connectivity index (χ4n) is 4.23. The normalized spacial score (nSPS) is 14.6. The Hall–Kier alpha value is -2.08. The van der Waals surface area contributed by atoms with Gasteiger partial charge < -0.3 is 0 Å². The lowest BCUT2D eigenvalue weighted by Crippen LogP contribution is -2.03. The molecule has 0 aliphatic heterocycles. The van der Waals surface area contributed by atoms with Crippen molar-refractivity contribution >= 4 is 11.1 Å². The first-order chi connectivity index (χ1) is 13.1. The number of rotatable bonds is 8. The van der Waals surface area contributed by atoms with E-state index in [-0.39, 0.29) is 0 Å². The van der Waals surface area contributed by atoms with Gasteiger partial charge in [-0.3, -0.25) is 0 Å². The molecule has 0 saturated heterocycles. The Kier molecular flexibility index (Phi) is 6.72. The predicted molar refractivity (Wildman–Crippen MR) is 120 cm³/mol. The van der Waals surface area contributed by atoms with Gasteiger partial charge in [0.15, 0.2) is 0 Å². The van der Waals surface area contributed by atoms with Gasteiger partial charge in [-0.25, -0.2) is 0 Å². The van der Waals surface area contributed by atoms with Crippen LogP contribution in [0.2, 0.25) is 0 Å². The van der Waals surface area contributed by atoms with E-state index in [1.807, 2.05) is 0 Å². The third kappa shape index (κ3) is 4.80. The van der Waals surface area contributed by atoms with Gasteiger partial charge in [-0.2, -0.15) is 0 Å². The van der Waals surface area contributed by atoms with Gasteiger partial charge in [-0.15, -0.1) is 0 Å². The zero-order valence-electron chi connectivity index (χ0n) is 17.4. The van der Waals surface area contributed by atoms with Crippen LogP contribution < -0.4 is 0 Å². The van der Waals surface area contributed by atoms with Gasteiger partial charge in [0, 0.05) is 0 Å². The number of fused-ring (bicyclic) bond motifs is 1. The smallest absolute Gasteiger partial charge is 0.00818 e. The van der Waals surface area contributed by atoms with Crippen LogP contribution in [0.1, 0.15) is 73.8 Å². The van der Waals surface area contributed by atoms with Crippen LogP contribution in [-0.2, 0) is 12.8 Å². The maximum Gasteiger partial charge on any atom is -0.00818 e. The maximum atomic E-state index is 4.40. The monoisotopic (exact) mass is 358 g/mol. The molecule has 2 aromatic carbocycles. The van der Waals surface area contributed by atoms with Gasteiger partial charge in [0.1, 0.15) is 0 Å². The van der Waals surface area contributed by atoms with Crippen molar-refractivity contribution in [1.29, 1.82) is 0 Å². The number of hydrogen-bond donors (Lipinski definition) is 0. The van der Waals surface area contributed by atoms with Crippen molar-refractivity contribution in [1.82, 2.24) is 0 Å². The van der Waals surface area contributed by atoms with Crippen LogP contribution in [0.4, 0.5) is 0 Å². The van der Waals surface area contributed by atoms with E-state index in [2.05, 4.69) is 75.9 Å². The highest BCUT2D eigenvalue weighted by Crippen LogP contribution is 2.36. The van der Waals surface area contributed by atoms with Crippen LogP contribution in [-0.4, -0.2) is 0 Å². The van der Waals surface area contributed by atoms with E-state index in [0.29, 0.717) is 0 Å². The zero-order chi connectivity index (χ0) is 19.2. The molecule has 1 aliphatic rings. The van der Waals surface area contributed by atoms with Gasteiger partial charge in [-0.05, 0) is 65.5 Å². The first kappa shape index (κ1) is 19.7. The van der Waals surface area contributed by atoms with E-state index in [0.717, 1.165) is 17.9 Å². The van der Waals surface area contributed by atoms with Gasteiger partial charge in [0.2, 0.25) is 0 Å². The summed E-state index contributed by atoms with van der Waals surface area (Å²) in [7, 11) is 0. The highest BCUT2D eigenvalue weighted by atomic mass is 14.2. The van der Waals surface area contributed by atoms with Crippen molar-refractivity contribution in [2.24, 2.45) is 5.92 Å². The van der Waals surface area contributed by atoms with Gasteiger partial charge in [0.05, 0.1) is 0 Å². The molecule has 0 amide bonds. The van der Waals surface area contributed by atoms with E-state index in [1.54, 1.807) is 0 Å². The highest BCUT2D eigenvalue weighted by molar-refractivity contribution is 6.06. The second kappa shape index (κ2) is 9.22. The number of aryl methyl sites for hydroxylation is 2. The minimum Gasteiger partial charge on any atom is -0.0905 e. The molecule has 0 spiro atoms. The fraction of sp³-hybridized carbons (Fsp3) is 0.407. The molecule has 1 atom stereocenters. The van der Waals surface area contributed by atoms with Crippen molar-refractivity contribution in [2.75, 3.05) is 0 Å². The van der Waals surface area contributed by atoms with Crippen LogP contribution >= 0.6 is 0 Å². The minimum absolute atomic E-state index is 0.880. The molecule has 1 unspecified atom stereocenters. The summed E-state index contributed by atoms with van der Waals surface area (Å²) in [6.07, 6.45) is 11.2. The van der Waals surface area contributed by atoms with E-state index in [4.69, 9.17) is 0 Å². The quantitative estimate of drug-likeness (QED) is 0.451. The minimum atomic E-state index is 0.880. The summed E-state index contributed by atoms with van der Waals surface area (Å²) in [5.74, 6) is 0.880. The average molecular weight is 359 g/mol. The lowest BCUT2D eigenvalue weighted by molar-refractivity contribution is 0.422. The molecule has 1 aliphatic carbocycles. The molecule has 2 aromatic rings. The topological polar surface area (TPSA) is 0 Å². The number of allylic oxidation sites excluding steroid dienone is 3. The fourth-order valence-corrected chi connectivity index (χ4v) is 4.23. The molecule has 3 rings (SSSR count). The van der Waals surface area contributed by atoms with Crippen molar-refractivity contribution in [3.63, 3.8) is 0 Å². The third-order valence-electron chi connectivity index (χ3n) is 6.09. The molecule has 0 aromatic heterocycles. The van der Waals surface area contributed by atoms with E-state index in [9.17, 15) is 0 Å². The molecule has 0 nitrogen and oxygen atoms in total. The number of hydrogen-bond acceptors (Lipinski definition) is 0. The summed E-state index contributed by atoms with van der Waals surface area (Å²) in [5, 5.41) is 0. The molecule has 0 bridgehead atoms. The maximum absolute atomic E-state index is 4.40. The second-order valence-electron chi connectivity index (χ2n) is 8.11. The second-order valence-corrected chi connectivity index (χ2v) is 8.11.